The number of nitrogens with one attached hydrogen (secondary N) is 2. The van der Waals surface area contributed by atoms with Crippen LogP contribution in [-0.2, 0) is 16.0 Å². The maximum Gasteiger partial charge on any atom is 0.220 e. The fourth-order valence-electron chi connectivity index (χ4n) is 4.82. The first kappa shape index (κ1) is 22.8. The highest BCUT2D eigenvalue weighted by atomic mass is 16.5. The van der Waals surface area contributed by atoms with Crippen LogP contribution in [0.5, 0.6) is 5.75 Å². The number of carbonyl (C=O) groups is 2. The van der Waals surface area contributed by atoms with Gasteiger partial charge in [0.25, 0.3) is 0 Å². The van der Waals surface area contributed by atoms with Crippen LogP contribution >= 0.6 is 0 Å². The quantitative estimate of drug-likeness (QED) is 0.501. The molecule has 2 atom stereocenters. The molecule has 3 aromatic carbocycles. The van der Waals surface area contributed by atoms with Gasteiger partial charge in [0.05, 0.1) is 7.11 Å². The van der Waals surface area contributed by atoms with Gasteiger partial charge in [0.1, 0.15) is 5.75 Å². The van der Waals surface area contributed by atoms with Crippen LogP contribution in [0, 0.1) is 0 Å². The second-order valence-corrected chi connectivity index (χ2v) is 9.09. The number of amides is 2. The second kappa shape index (κ2) is 10.1. The molecule has 1 heterocycles. The van der Waals surface area contributed by atoms with Crippen molar-refractivity contribution in [2.75, 3.05) is 13.7 Å². The molecule has 1 aliphatic rings. The number of fused-ring (bicyclic) bond motifs is 1. The zero-order valence-electron chi connectivity index (χ0n) is 19.4. The van der Waals surface area contributed by atoms with E-state index >= 15 is 0 Å². The number of benzene rings is 3. The summed E-state index contributed by atoms with van der Waals surface area (Å²) < 4.78 is 5.53. The topological polar surface area (TPSA) is 67.4 Å². The summed E-state index contributed by atoms with van der Waals surface area (Å²) >= 11 is 0. The molecule has 0 radical (unpaired) electrons. The van der Waals surface area contributed by atoms with Crippen molar-refractivity contribution in [1.29, 1.82) is 0 Å². The van der Waals surface area contributed by atoms with E-state index in [2.05, 4.69) is 47.9 Å². The highest BCUT2D eigenvalue weighted by Crippen LogP contribution is 2.35. The molecule has 1 fully saturated rings. The molecule has 3 aromatic rings. The van der Waals surface area contributed by atoms with Crippen molar-refractivity contribution in [2.45, 2.75) is 50.5 Å². The van der Waals surface area contributed by atoms with Crippen LogP contribution in [0.15, 0.2) is 66.7 Å². The Balaban J connectivity index is 1.44. The van der Waals surface area contributed by atoms with Gasteiger partial charge in [-0.2, -0.15) is 0 Å². The van der Waals surface area contributed by atoms with Gasteiger partial charge in [-0.05, 0) is 47.8 Å². The molecular weight excluding hydrogens is 412 g/mol. The van der Waals surface area contributed by atoms with E-state index in [9.17, 15) is 9.59 Å². The predicted molar refractivity (Wildman–Crippen MR) is 131 cm³/mol. The number of rotatable bonds is 9. The summed E-state index contributed by atoms with van der Waals surface area (Å²) in [6.07, 6.45) is 2.93. The van der Waals surface area contributed by atoms with Crippen molar-refractivity contribution < 1.29 is 14.3 Å². The average molecular weight is 445 g/mol. The van der Waals surface area contributed by atoms with E-state index < -0.39 is 5.54 Å². The molecule has 0 bridgehead atoms. The van der Waals surface area contributed by atoms with E-state index in [1.165, 1.54) is 5.56 Å². The number of methoxy groups -OCH3 is 1. The molecule has 5 heteroatoms. The van der Waals surface area contributed by atoms with Crippen molar-refractivity contribution in [2.24, 2.45) is 0 Å². The van der Waals surface area contributed by atoms with E-state index in [1.807, 2.05) is 36.4 Å². The van der Waals surface area contributed by atoms with Crippen LogP contribution in [0.3, 0.4) is 0 Å². The molecule has 2 amide bonds. The normalized spacial score (nSPS) is 18.7. The van der Waals surface area contributed by atoms with E-state index in [0.717, 1.165) is 28.5 Å². The first-order chi connectivity index (χ1) is 16.0. The summed E-state index contributed by atoms with van der Waals surface area (Å²) in [4.78, 5) is 24.9. The molecule has 5 nitrogen and oxygen atoms in total. The van der Waals surface area contributed by atoms with Gasteiger partial charge in [0.2, 0.25) is 11.8 Å². The molecule has 1 saturated heterocycles. The second-order valence-electron chi connectivity index (χ2n) is 9.09. The minimum Gasteiger partial charge on any atom is -0.496 e. The lowest BCUT2D eigenvalue weighted by molar-refractivity contribution is -0.122. The van der Waals surface area contributed by atoms with Gasteiger partial charge in [0.15, 0.2) is 0 Å². The van der Waals surface area contributed by atoms with E-state index in [4.69, 9.17) is 4.74 Å². The first-order valence-corrected chi connectivity index (χ1v) is 11.7. The van der Waals surface area contributed by atoms with Crippen molar-refractivity contribution in [1.82, 2.24) is 10.6 Å². The molecule has 0 aromatic heterocycles. The lowest BCUT2D eigenvalue weighted by Gasteiger charge is -2.30. The van der Waals surface area contributed by atoms with Crippen LogP contribution < -0.4 is 15.4 Å². The number of hydrogen-bond donors (Lipinski definition) is 2. The van der Waals surface area contributed by atoms with Crippen LogP contribution in [-0.4, -0.2) is 31.0 Å². The van der Waals surface area contributed by atoms with Crippen molar-refractivity contribution in [3.8, 4) is 5.75 Å². The van der Waals surface area contributed by atoms with Gasteiger partial charge in [-0.3, -0.25) is 9.59 Å². The Bertz CT molecular complexity index is 1130. The van der Waals surface area contributed by atoms with Gasteiger partial charge >= 0.3 is 0 Å². The van der Waals surface area contributed by atoms with Crippen LogP contribution in [0.1, 0.15) is 49.7 Å². The highest BCUT2D eigenvalue weighted by Gasteiger charge is 2.38. The minimum atomic E-state index is -0.406. The van der Waals surface area contributed by atoms with Crippen molar-refractivity contribution in [3.63, 3.8) is 0 Å². The Labute approximate surface area is 195 Å². The van der Waals surface area contributed by atoms with E-state index in [0.29, 0.717) is 32.2 Å². The third-order valence-electron chi connectivity index (χ3n) is 6.76. The smallest absolute Gasteiger partial charge is 0.220 e. The zero-order valence-corrected chi connectivity index (χ0v) is 19.4. The van der Waals surface area contributed by atoms with Gasteiger partial charge in [-0.15, -0.1) is 0 Å². The van der Waals surface area contributed by atoms with Gasteiger partial charge in [-0.25, -0.2) is 0 Å². The van der Waals surface area contributed by atoms with Crippen LogP contribution in [0.25, 0.3) is 10.8 Å². The summed E-state index contributed by atoms with van der Waals surface area (Å²) in [6, 6.07) is 22.4. The van der Waals surface area contributed by atoms with Gasteiger partial charge in [0, 0.05) is 30.3 Å². The molecule has 2 N–H and O–H groups in total. The van der Waals surface area contributed by atoms with Crippen molar-refractivity contribution in [3.05, 3.63) is 77.9 Å². The monoisotopic (exact) mass is 444 g/mol. The SMILES string of the molecule is COc1ccc(C[C@@]2(CCC(=O)NC[C@@H](C)c3ccccc3)CCC(=O)N2)c2ccccc12. The van der Waals surface area contributed by atoms with Crippen LogP contribution in [0.2, 0.25) is 0 Å². The fraction of sp³-hybridized carbons (Fsp3) is 0.357. The lowest BCUT2D eigenvalue weighted by Crippen LogP contribution is -2.44. The average Bonchev–Trinajstić information content (AvgIpc) is 3.22. The zero-order chi connectivity index (χ0) is 23.3. The molecule has 0 saturated carbocycles. The molecule has 4 rings (SSSR count). The van der Waals surface area contributed by atoms with E-state index in [-0.39, 0.29) is 17.7 Å². The summed E-state index contributed by atoms with van der Waals surface area (Å²) in [7, 11) is 1.68. The molecule has 0 spiro atoms. The summed E-state index contributed by atoms with van der Waals surface area (Å²) in [5.41, 5.74) is 1.96. The standard InChI is InChI=1S/C28H32N2O3/c1-20(21-8-4-3-5-9-21)19-29-26(31)14-16-28(17-15-27(32)30-28)18-22-12-13-25(33-2)24-11-7-6-10-23(22)24/h3-13,20H,14-19H2,1-2H3,(H,29,31)(H,30,32)/t20-,28-/m1/s1. The third kappa shape index (κ3) is 5.36. The lowest BCUT2D eigenvalue weighted by atomic mass is 9.83. The number of hydrogen-bond acceptors (Lipinski definition) is 3. The molecule has 172 valence electrons. The van der Waals surface area contributed by atoms with Gasteiger partial charge in [-0.1, -0.05) is 67.6 Å². The largest absolute Gasteiger partial charge is 0.496 e. The Morgan fingerprint density at radius 3 is 2.48 bits per heavy atom. The molecular formula is C28H32N2O3. The molecule has 33 heavy (non-hydrogen) atoms. The minimum absolute atomic E-state index is 0.0258. The van der Waals surface area contributed by atoms with Crippen LogP contribution in [0.4, 0.5) is 0 Å². The maximum absolute atomic E-state index is 12.7. The van der Waals surface area contributed by atoms with Gasteiger partial charge < -0.3 is 15.4 Å². The summed E-state index contributed by atoms with van der Waals surface area (Å²) in [5, 5.41) is 8.46. The first-order valence-electron chi connectivity index (χ1n) is 11.7. The Hall–Kier alpha value is -3.34. The number of ether oxygens (including phenoxy) is 1. The molecule has 0 aliphatic carbocycles. The predicted octanol–water partition coefficient (Wildman–Crippen LogP) is 4.74. The third-order valence-corrected chi connectivity index (χ3v) is 6.76. The Kier molecular flexibility index (Phi) is 6.97. The number of carbonyl (C=O) groups excluding carboxylic acids is 2. The Morgan fingerprint density at radius 1 is 1.06 bits per heavy atom. The fourth-order valence-corrected chi connectivity index (χ4v) is 4.82. The summed E-state index contributed by atoms with van der Waals surface area (Å²) in [5.74, 6) is 1.18. The summed E-state index contributed by atoms with van der Waals surface area (Å²) in [6.45, 7) is 2.72. The van der Waals surface area contributed by atoms with E-state index in [1.54, 1.807) is 7.11 Å². The highest BCUT2D eigenvalue weighted by molar-refractivity contribution is 5.91. The maximum atomic E-state index is 12.7. The molecule has 1 aliphatic heterocycles. The van der Waals surface area contributed by atoms with Crippen molar-refractivity contribution >= 4 is 22.6 Å². The molecule has 0 unspecified atom stereocenters. The Morgan fingerprint density at radius 2 is 1.79 bits per heavy atom.